The van der Waals surface area contributed by atoms with Gasteiger partial charge in [0, 0.05) is 0 Å². The lowest BCUT2D eigenvalue weighted by Gasteiger charge is -2.57. The zero-order chi connectivity index (χ0) is 84.3. The molecular weight excluding hydrogens is 1400 g/mol. The summed E-state index contributed by atoms with van der Waals surface area (Å²) >= 11 is 0. The van der Waals surface area contributed by atoms with Gasteiger partial charge in [-0.15, -0.1) is 0 Å². The fourth-order valence-corrected chi connectivity index (χ4v) is 19.2. The van der Waals surface area contributed by atoms with Gasteiger partial charge in [0.15, 0.2) is 0 Å². The van der Waals surface area contributed by atoms with Crippen molar-refractivity contribution >= 4 is 0 Å². The van der Waals surface area contributed by atoms with Crippen molar-refractivity contribution in [1.29, 1.82) is 0 Å². The topological polar surface area (TPSA) is 0 Å². The van der Waals surface area contributed by atoms with Gasteiger partial charge in [-0.3, -0.25) is 0 Å². The SMILES string of the molecule is CC(C)C(C(C)C)C(C)(C(C(C)C)C(C)C)C(F)(F)F.CC(C)C(C(C)C)[C@](C)(C(C)C)C(F)(F)F.CC1(C(F)(F)F)CCCC1.CC1(C(F)(F)F)CCCCC1.CC1(C)CCC(C)(C(F)(F)F)CC1.CCC(C)(CC)C(C)(C(F)(F)F)C(C)(CC)CC.CCC(CC)C(C)(C(CC)CC)C(F)(F)F. The average molecular weight is 1550 g/mol. The van der Waals surface area contributed by atoms with E-state index in [9.17, 15) is 92.2 Å². The van der Waals surface area contributed by atoms with Crippen molar-refractivity contribution in [3.8, 4) is 0 Å². The Hall–Kier alpha value is -1.47. The van der Waals surface area contributed by atoms with E-state index in [1.54, 1.807) is 27.7 Å². The van der Waals surface area contributed by atoms with Crippen LogP contribution in [0.3, 0.4) is 0 Å². The third-order valence-electron chi connectivity index (χ3n) is 27.6. The van der Waals surface area contributed by atoms with Crippen LogP contribution < -0.4 is 0 Å². The first-order chi connectivity index (χ1) is 46.1. The molecule has 104 heavy (non-hydrogen) atoms. The second kappa shape index (κ2) is 41.3. The van der Waals surface area contributed by atoms with Crippen LogP contribution in [-0.4, -0.2) is 43.2 Å². The second-order valence-electron chi connectivity index (χ2n) is 36.8. The molecule has 0 unspecified atom stereocenters. The van der Waals surface area contributed by atoms with Gasteiger partial charge in [-0.25, -0.2) is 0 Å². The third kappa shape index (κ3) is 26.9. The van der Waals surface area contributed by atoms with Crippen LogP contribution >= 0.6 is 0 Å². The predicted octanol–water partition coefficient (Wildman–Crippen LogP) is 34.0. The van der Waals surface area contributed by atoms with Crippen LogP contribution in [0.5, 0.6) is 0 Å². The lowest BCUT2D eigenvalue weighted by Crippen LogP contribution is -2.57. The van der Waals surface area contributed by atoms with Gasteiger partial charge in [0.05, 0.1) is 37.9 Å². The van der Waals surface area contributed by atoms with E-state index in [2.05, 4.69) is 0 Å². The highest BCUT2D eigenvalue weighted by Crippen LogP contribution is 2.66. The standard InChI is InChI=1S/C17H33F3.C15H29F3.2C13H25F3.C10H17F3.C8H13F3.C7H11F3/c1-10(2)14(11(3)4)16(9,17(18,19)20)15(12(5)6)13(7)8;1-8-12(5,9-2)14(7,15(16,17)18)13(6,10-3)11-4;1-8(2)11(9(3)4)12(7,10(5)6)13(14,15)16;1-6-10(7-2)12(5,13(14,15)16)11(8-3)9-4;1-8(2)4-6-9(3,7-5-8)10(11,12)13;1-7(8(9,10)11)5-3-2-4-6-7;1-6(7(8,9)10)4-2-3-5-6/h10-15H,1-9H3;8-11H2,1-7H3;8-11H,1-7H3;10-11H,6-9H2,1-5H3;4-7H2,1-3H3;2-6H2,1H3;2-5H2,1H3/t;;12-;;;;/m..0..../s1. The molecule has 3 fully saturated rings. The molecule has 21 heteroatoms. The summed E-state index contributed by atoms with van der Waals surface area (Å²) in [6, 6.07) is 0. The molecule has 3 aliphatic rings. The van der Waals surface area contributed by atoms with Crippen molar-refractivity contribution in [2.45, 2.75) is 407 Å². The van der Waals surface area contributed by atoms with Crippen LogP contribution in [-0.2, 0) is 0 Å². The zero-order valence-corrected chi connectivity index (χ0v) is 71.2. The van der Waals surface area contributed by atoms with E-state index in [-0.39, 0.29) is 83.4 Å². The molecule has 0 N–H and O–H groups in total. The third-order valence-corrected chi connectivity index (χ3v) is 27.6. The Morgan fingerprint density at radius 3 is 0.606 bits per heavy atom. The maximum Gasteiger partial charge on any atom is 0.395 e. The first-order valence-electron chi connectivity index (χ1n) is 39.6. The van der Waals surface area contributed by atoms with E-state index >= 15 is 0 Å². The van der Waals surface area contributed by atoms with Gasteiger partial charge in [-0.05, 0) is 171 Å². The Morgan fingerprint density at radius 2 is 0.462 bits per heavy atom. The maximum absolute atomic E-state index is 14.0. The van der Waals surface area contributed by atoms with Crippen LogP contribution in [0.15, 0.2) is 0 Å². The van der Waals surface area contributed by atoms with Crippen molar-refractivity contribution < 1.29 is 92.2 Å². The predicted molar refractivity (Wildman–Crippen MR) is 393 cm³/mol. The van der Waals surface area contributed by atoms with Crippen LogP contribution in [0.2, 0.25) is 0 Å². The van der Waals surface area contributed by atoms with Crippen LogP contribution in [0.25, 0.3) is 0 Å². The summed E-state index contributed by atoms with van der Waals surface area (Å²) in [5.41, 5.74) is -11.9. The number of alkyl halides is 21. The van der Waals surface area contributed by atoms with Crippen molar-refractivity contribution in [1.82, 2.24) is 0 Å². The molecule has 0 saturated heterocycles. The van der Waals surface area contributed by atoms with E-state index in [1.165, 1.54) is 48.5 Å². The zero-order valence-electron chi connectivity index (χ0n) is 71.2. The summed E-state index contributed by atoms with van der Waals surface area (Å²) in [7, 11) is 0. The minimum absolute atomic E-state index is 0.0154. The van der Waals surface area contributed by atoms with E-state index in [0.717, 1.165) is 32.1 Å². The molecule has 3 rings (SSSR count). The molecule has 0 amide bonds. The Balaban J connectivity index is -0.000000566. The molecule has 0 aromatic heterocycles. The van der Waals surface area contributed by atoms with Crippen molar-refractivity contribution in [3.05, 3.63) is 0 Å². The highest BCUT2D eigenvalue weighted by Gasteiger charge is 2.68. The number of hydrogen-bond acceptors (Lipinski definition) is 0. The van der Waals surface area contributed by atoms with Gasteiger partial charge < -0.3 is 0 Å². The molecular formula is C83H153F21. The lowest BCUT2D eigenvalue weighted by atomic mass is 9.49. The molecule has 0 heterocycles. The van der Waals surface area contributed by atoms with Crippen molar-refractivity contribution in [2.24, 2.45) is 125 Å². The highest BCUT2D eigenvalue weighted by atomic mass is 19.4. The van der Waals surface area contributed by atoms with Gasteiger partial charge >= 0.3 is 43.2 Å². The summed E-state index contributed by atoms with van der Waals surface area (Å²) in [6.45, 7) is 58.6. The second-order valence-corrected chi connectivity index (χ2v) is 36.8. The summed E-state index contributed by atoms with van der Waals surface area (Å²) in [5, 5.41) is 0. The summed E-state index contributed by atoms with van der Waals surface area (Å²) < 4.78 is 275. The summed E-state index contributed by atoms with van der Waals surface area (Å²) in [5.74, 6) is -1.87. The van der Waals surface area contributed by atoms with E-state index in [1.807, 2.05) is 152 Å². The van der Waals surface area contributed by atoms with Crippen LogP contribution in [0.1, 0.15) is 363 Å². The first kappa shape index (κ1) is 109. The van der Waals surface area contributed by atoms with Gasteiger partial charge in [0.2, 0.25) is 0 Å². The number of rotatable bonds is 22. The van der Waals surface area contributed by atoms with E-state index < -0.39 is 97.9 Å². The van der Waals surface area contributed by atoms with Crippen molar-refractivity contribution in [3.63, 3.8) is 0 Å². The normalized spacial score (nSPS) is 18.8. The fraction of sp³-hybridized carbons (Fsp3) is 1.00. The van der Waals surface area contributed by atoms with Crippen LogP contribution in [0, 0.1) is 125 Å². The molecule has 0 nitrogen and oxygen atoms in total. The van der Waals surface area contributed by atoms with Gasteiger partial charge in [-0.1, -0.05) is 279 Å². The Morgan fingerprint density at radius 1 is 0.260 bits per heavy atom. The minimum atomic E-state index is -4.18. The molecule has 0 radical (unpaired) electrons. The highest BCUT2D eigenvalue weighted by molar-refractivity contribution is 5.06. The molecule has 0 aliphatic heterocycles. The summed E-state index contributed by atoms with van der Waals surface area (Å²) in [6.07, 6.45) is -16.9. The smallest absolute Gasteiger partial charge is 0.171 e. The number of hydrogen-bond donors (Lipinski definition) is 0. The maximum atomic E-state index is 14.0. The Kier molecular flexibility index (Phi) is 43.3. The molecule has 0 bridgehead atoms. The minimum Gasteiger partial charge on any atom is -0.171 e. The van der Waals surface area contributed by atoms with E-state index in [0.29, 0.717) is 89.9 Å². The molecule has 1 atom stereocenters. The summed E-state index contributed by atoms with van der Waals surface area (Å²) in [4.78, 5) is 0. The van der Waals surface area contributed by atoms with E-state index in [4.69, 9.17) is 0 Å². The average Bonchev–Trinajstić information content (AvgIpc) is 1.01. The largest absolute Gasteiger partial charge is 0.395 e. The van der Waals surface area contributed by atoms with Gasteiger partial charge in [-0.2, -0.15) is 92.2 Å². The monoisotopic (exact) mass is 1550 g/mol. The Bertz CT molecular complexity index is 2170. The number of halogens is 21. The fourth-order valence-electron chi connectivity index (χ4n) is 19.2. The molecule has 0 aromatic carbocycles. The lowest BCUT2D eigenvalue weighted by molar-refractivity contribution is -0.301. The molecule has 0 spiro atoms. The molecule has 3 aliphatic carbocycles. The molecule has 0 aromatic rings. The van der Waals surface area contributed by atoms with Crippen LogP contribution in [0.4, 0.5) is 92.2 Å². The van der Waals surface area contributed by atoms with Gasteiger partial charge in [0.25, 0.3) is 0 Å². The molecule has 632 valence electrons. The van der Waals surface area contributed by atoms with Gasteiger partial charge in [0.1, 0.15) is 0 Å². The Labute approximate surface area is 621 Å². The first-order valence-corrected chi connectivity index (χ1v) is 39.6. The molecule has 3 saturated carbocycles. The quantitative estimate of drug-likeness (QED) is 0.0948. The van der Waals surface area contributed by atoms with Crippen molar-refractivity contribution in [2.75, 3.05) is 0 Å².